The lowest BCUT2D eigenvalue weighted by molar-refractivity contribution is -0.121. The molecule has 2 rings (SSSR count). The topological polar surface area (TPSA) is 62.2 Å². The van der Waals surface area contributed by atoms with E-state index in [0.717, 1.165) is 16.3 Å². The van der Waals surface area contributed by atoms with Crippen molar-refractivity contribution < 1.29 is 9.90 Å². The first-order valence-corrected chi connectivity index (χ1v) is 8.67. The first kappa shape index (κ1) is 17.5. The van der Waals surface area contributed by atoms with Crippen molar-refractivity contribution in [2.24, 2.45) is 0 Å². The van der Waals surface area contributed by atoms with Gasteiger partial charge in [0.1, 0.15) is 10.8 Å². The van der Waals surface area contributed by atoms with Crippen LogP contribution in [0.3, 0.4) is 0 Å². The Labute approximate surface area is 141 Å². The number of nitrogens with zero attached hydrogens (tertiary/aromatic N) is 1. The summed E-state index contributed by atoms with van der Waals surface area (Å²) in [5, 5.41) is 15.7. The third-order valence-corrected chi connectivity index (χ3v) is 4.68. The van der Waals surface area contributed by atoms with Crippen molar-refractivity contribution in [3.63, 3.8) is 0 Å². The molecule has 4 nitrogen and oxygen atoms in total. The summed E-state index contributed by atoms with van der Waals surface area (Å²) in [6, 6.07) is 7.00. The number of hydrogen-bond donors (Lipinski definition) is 2. The normalized spacial score (nSPS) is 12.9. The van der Waals surface area contributed by atoms with Crippen LogP contribution in [0.1, 0.15) is 56.4 Å². The van der Waals surface area contributed by atoms with E-state index in [1.807, 2.05) is 19.1 Å². The number of amides is 1. The number of para-hydroxylation sites is 1. The van der Waals surface area contributed by atoms with Gasteiger partial charge < -0.3 is 10.4 Å². The number of carbonyl (C=O) groups is 1. The molecule has 1 heterocycles. The average Bonchev–Trinajstić information content (AvgIpc) is 2.96. The van der Waals surface area contributed by atoms with Gasteiger partial charge in [0.25, 0.3) is 0 Å². The first-order chi connectivity index (χ1) is 10.8. The number of carbonyl (C=O) groups excluding carboxylic acids is 1. The predicted octanol–water partition coefficient (Wildman–Crippen LogP) is 3.96. The molecule has 5 heteroatoms. The van der Waals surface area contributed by atoms with E-state index in [4.69, 9.17) is 0 Å². The summed E-state index contributed by atoms with van der Waals surface area (Å²) in [7, 11) is 0. The highest BCUT2D eigenvalue weighted by Crippen LogP contribution is 2.26. The van der Waals surface area contributed by atoms with Crippen LogP contribution in [-0.2, 0) is 16.6 Å². The number of thiazole rings is 1. The van der Waals surface area contributed by atoms with Gasteiger partial charge in [-0.1, -0.05) is 39.0 Å². The molecular weight excluding hydrogens is 308 g/mol. The van der Waals surface area contributed by atoms with Gasteiger partial charge in [-0.15, -0.1) is 11.3 Å². The van der Waals surface area contributed by atoms with Crippen molar-refractivity contribution in [1.82, 2.24) is 10.3 Å². The van der Waals surface area contributed by atoms with E-state index in [9.17, 15) is 9.90 Å². The standard InChI is InChI=1S/C18H24N2O2S/c1-12(17-20-15(11-23-17)18(2,3)4)19-16(22)10-9-13-7-5-6-8-14(13)21/h5-8,11-12,21H,9-10H2,1-4H3,(H,19,22). The number of hydrogen-bond acceptors (Lipinski definition) is 4. The fourth-order valence-corrected chi connectivity index (χ4v) is 3.23. The second-order valence-corrected chi connectivity index (χ2v) is 7.63. The number of aryl methyl sites for hydroxylation is 1. The van der Waals surface area contributed by atoms with Gasteiger partial charge in [-0.2, -0.15) is 0 Å². The highest BCUT2D eigenvalue weighted by atomic mass is 32.1. The van der Waals surface area contributed by atoms with E-state index < -0.39 is 0 Å². The van der Waals surface area contributed by atoms with Crippen LogP contribution in [-0.4, -0.2) is 16.0 Å². The van der Waals surface area contributed by atoms with Crippen molar-refractivity contribution in [2.45, 2.75) is 52.0 Å². The lowest BCUT2D eigenvalue weighted by atomic mass is 9.93. The average molecular weight is 332 g/mol. The summed E-state index contributed by atoms with van der Waals surface area (Å²) in [5.74, 6) is 0.205. The van der Waals surface area contributed by atoms with Crippen LogP contribution in [0.2, 0.25) is 0 Å². The molecule has 1 aromatic heterocycles. The molecule has 0 saturated heterocycles. The van der Waals surface area contributed by atoms with Gasteiger partial charge in [0.15, 0.2) is 0 Å². The Bertz CT molecular complexity index is 674. The predicted molar refractivity (Wildman–Crippen MR) is 93.8 cm³/mol. The Balaban J connectivity index is 1.90. The van der Waals surface area contributed by atoms with Gasteiger partial charge in [0.2, 0.25) is 5.91 Å². The molecule has 0 aliphatic carbocycles. The molecule has 1 atom stereocenters. The number of aromatic nitrogens is 1. The number of rotatable bonds is 5. The van der Waals surface area contributed by atoms with E-state index in [0.29, 0.717) is 12.8 Å². The fourth-order valence-electron chi connectivity index (χ4n) is 2.18. The maximum atomic E-state index is 12.1. The van der Waals surface area contributed by atoms with E-state index in [1.54, 1.807) is 23.5 Å². The summed E-state index contributed by atoms with van der Waals surface area (Å²) in [6.07, 6.45) is 0.871. The maximum Gasteiger partial charge on any atom is 0.220 e. The Kier molecular flexibility index (Phi) is 5.42. The number of nitrogens with one attached hydrogen (secondary N) is 1. The van der Waals surface area contributed by atoms with Crippen LogP contribution < -0.4 is 5.32 Å². The molecule has 1 amide bonds. The van der Waals surface area contributed by atoms with E-state index >= 15 is 0 Å². The number of benzene rings is 1. The van der Waals surface area contributed by atoms with Crippen LogP contribution >= 0.6 is 11.3 Å². The molecule has 0 aliphatic heterocycles. The second-order valence-electron chi connectivity index (χ2n) is 6.74. The molecule has 1 unspecified atom stereocenters. The molecule has 0 bridgehead atoms. The summed E-state index contributed by atoms with van der Waals surface area (Å²) in [5.41, 5.74) is 1.86. The van der Waals surface area contributed by atoms with E-state index in [1.165, 1.54) is 0 Å². The molecule has 124 valence electrons. The van der Waals surface area contributed by atoms with Crippen LogP contribution in [0.5, 0.6) is 5.75 Å². The Morgan fingerprint density at radius 3 is 2.65 bits per heavy atom. The Morgan fingerprint density at radius 2 is 2.04 bits per heavy atom. The second kappa shape index (κ2) is 7.13. The summed E-state index contributed by atoms with van der Waals surface area (Å²) in [6.45, 7) is 8.33. The molecule has 0 aliphatic rings. The van der Waals surface area contributed by atoms with E-state index in [2.05, 4.69) is 36.5 Å². The van der Waals surface area contributed by atoms with Crippen molar-refractivity contribution in [3.05, 3.63) is 45.9 Å². The van der Waals surface area contributed by atoms with Crippen LogP contribution in [0, 0.1) is 0 Å². The molecule has 0 saturated carbocycles. The zero-order valence-electron chi connectivity index (χ0n) is 14.1. The minimum absolute atomic E-state index is 0.0172. The van der Waals surface area contributed by atoms with Gasteiger partial charge >= 0.3 is 0 Å². The molecule has 23 heavy (non-hydrogen) atoms. The zero-order chi connectivity index (χ0) is 17.0. The largest absolute Gasteiger partial charge is 0.508 e. The molecule has 2 N–H and O–H groups in total. The maximum absolute atomic E-state index is 12.1. The molecule has 0 spiro atoms. The zero-order valence-corrected chi connectivity index (χ0v) is 14.9. The Morgan fingerprint density at radius 1 is 1.35 bits per heavy atom. The highest BCUT2D eigenvalue weighted by molar-refractivity contribution is 7.09. The molecule has 1 aromatic carbocycles. The van der Waals surface area contributed by atoms with Gasteiger partial charge in [-0.05, 0) is 25.0 Å². The summed E-state index contributed by atoms with van der Waals surface area (Å²) < 4.78 is 0. The SMILES string of the molecule is CC(NC(=O)CCc1ccccc1O)c1nc(C(C)(C)C)cs1. The minimum Gasteiger partial charge on any atom is -0.508 e. The molecular formula is C18H24N2O2S. The third-order valence-electron chi connectivity index (χ3n) is 3.65. The number of aromatic hydroxyl groups is 1. The van der Waals surface area contributed by atoms with Crippen LogP contribution in [0.4, 0.5) is 0 Å². The lowest BCUT2D eigenvalue weighted by Gasteiger charge is -2.15. The van der Waals surface area contributed by atoms with Crippen molar-refractivity contribution in [2.75, 3.05) is 0 Å². The minimum atomic E-state index is -0.104. The van der Waals surface area contributed by atoms with Crippen LogP contribution in [0.15, 0.2) is 29.6 Å². The Hall–Kier alpha value is -1.88. The van der Waals surface area contributed by atoms with Crippen LogP contribution in [0.25, 0.3) is 0 Å². The molecule has 0 fully saturated rings. The number of phenolic OH excluding ortho intramolecular Hbond substituents is 1. The molecule has 0 radical (unpaired) electrons. The first-order valence-electron chi connectivity index (χ1n) is 7.79. The van der Waals surface area contributed by atoms with Crippen molar-refractivity contribution in [1.29, 1.82) is 0 Å². The monoisotopic (exact) mass is 332 g/mol. The van der Waals surface area contributed by atoms with E-state index in [-0.39, 0.29) is 23.1 Å². The van der Waals surface area contributed by atoms with Gasteiger partial charge in [-0.25, -0.2) is 4.98 Å². The smallest absolute Gasteiger partial charge is 0.220 e. The fraction of sp³-hybridized carbons (Fsp3) is 0.444. The van der Waals surface area contributed by atoms with Crippen molar-refractivity contribution in [3.8, 4) is 5.75 Å². The lowest BCUT2D eigenvalue weighted by Crippen LogP contribution is -2.27. The third kappa shape index (κ3) is 4.79. The van der Waals surface area contributed by atoms with Gasteiger partial charge in [0, 0.05) is 17.2 Å². The van der Waals surface area contributed by atoms with Gasteiger partial charge in [-0.3, -0.25) is 4.79 Å². The summed E-state index contributed by atoms with van der Waals surface area (Å²) in [4.78, 5) is 16.7. The number of phenols is 1. The highest BCUT2D eigenvalue weighted by Gasteiger charge is 2.20. The summed E-state index contributed by atoms with van der Waals surface area (Å²) >= 11 is 1.58. The van der Waals surface area contributed by atoms with Gasteiger partial charge in [0.05, 0.1) is 11.7 Å². The van der Waals surface area contributed by atoms with Crippen molar-refractivity contribution >= 4 is 17.2 Å². The molecule has 2 aromatic rings. The quantitative estimate of drug-likeness (QED) is 0.871.